The number of halogens is 1. The first-order chi connectivity index (χ1) is 12.4. The second-order valence-electron chi connectivity index (χ2n) is 6.39. The van der Waals surface area contributed by atoms with Crippen molar-refractivity contribution in [1.82, 2.24) is 0 Å². The molecule has 1 aromatic heterocycles. The zero-order chi connectivity index (χ0) is 18.5. The van der Waals surface area contributed by atoms with E-state index in [1.54, 1.807) is 13.2 Å². The first-order valence-electron chi connectivity index (χ1n) is 8.31. The molecule has 3 aromatic rings. The number of nitrogens with one attached hydrogen (secondary N) is 1. The Morgan fingerprint density at radius 3 is 2.77 bits per heavy atom. The molecule has 0 aliphatic heterocycles. The van der Waals surface area contributed by atoms with E-state index in [-0.39, 0.29) is 0 Å². The molecule has 1 aliphatic rings. The van der Waals surface area contributed by atoms with Gasteiger partial charge in [0, 0.05) is 9.72 Å². The largest absolute Gasteiger partial charge is 0.495 e. The van der Waals surface area contributed by atoms with E-state index in [9.17, 15) is 8.42 Å². The van der Waals surface area contributed by atoms with Crippen LogP contribution in [0.1, 0.15) is 23.1 Å². The van der Waals surface area contributed by atoms with Crippen LogP contribution in [-0.2, 0) is 22.9 Å². The number of hydrogen-bond donors (Lipinski definition) is 1. The number of sulfonamides is 1. The predicted octanol–water partition coefficient (Wildman–Crippen LogP) is 5.16. The molecule has 1 N–H and O–H groups in total. The molecule has 0 unspecified atom stereocenters. The normalized spacial score (nSPS) is 13.8. The molecular formula is C19H18ClNO3S2. The Morgan fingerprint density at radius 1 is 1.19 bits per heavy atom. The number of thiophene rings is 1. The standard InChI is InChI=1S/C19H18ClNO3S2/c1-11-15-10-13(20)7-9-17(15)25-19(11)26(22,23)21-18-14-5-3-4-12(14)6-8-16(18)24-2/h6-10,21H,3-5H2,1-2H3. The molecule has 136 valence electrons. The molecular weight excluding hydrogens is 390 g/mol. The summed E-state index contributed by atoms with van der Waals surface area (Å²) in [7, 11) is -2.17. The van der Waals surface area contributed by atoms with Gasteiger partial charge in [-0.1, -0.05) is 17.7 Å². The summed E-state index contributed by atoms with van der Waals surface area (Å²) in [4.78, 5) is 0. The summed E-state index contributed by atoms with van der Waals surface area (Å²) in [6.07, 6.45) is 2.84. The number of aryl methyl sites for hydroxylation is 2. The topological polar surface area (TPSA) is 55.4 Å². The minimum Gasteiger partial charge on any atom is -0.495 e. The summed E-state index contributed by atoms with van der Waals surface area (Å²) in [6, 6.07) is 9.29. The van der Waals surface area contributed by atoms with E-state index in [1.807, 2.05) is 31.2 Å². The highest BCUT2D eigenvalue weighted by Gasteiger charge is 2.26. The van der Waals surface area contributed by atoms with Gasteiger partial charge in [-0.2, -0.15) is 0 Å². The van der Waals surface area contributed by atoms with Gasteiger partial charge in [0.05, 0.1) is 12.8 Å². The molecule has 0 saturated heterocycles. The van der Waals surface area contributed by atoms with Crippen molar-refractivity contribution < 1.29 is 13.2 Å². The van der Waals surface area contributed by atoms with E-state index in [0.29, 0.717) is 26.2 Å². The van der Waals surface area contributed by atoms with Crippen LogP contribution in [0.15, 0.2) is 34.5 Å². The predicted molar refractivity (Wildman–Crippen MR) is 107 cm³/mol. The molecule has 26 heavy (non-hydrogen) atoms. The van der Waals surface area contributed by atoms with Gasteiger partial charge in [-0.25, -0.2) is 8.42 Å². The molecule has 0 atom stereocenters. The van der Waals surface area contributed by atoms with Crippen molar-refractivity contribution in [3.05, 3.63) is 52.0 Å². The second-order valence-corrected chi connectivity index (χ2v) is 9.76. The molecule has 4 nitrogen and oxygen atoms in total. The van der Waals surface area contributed by atoms with Crippen molar-refractivity contribution in [1.29, 1.82) is 0 Å². The second kappa shape index (κ2) is 6.44. The van der Waals surface area contributed by atoms with Gasteiger partial charge in [0.15, 0.2) is 0 Å². The third-order valence-electron chi connectivity index (χ3n) is 4.80. The summed E-state index contributed by atoms with van der Waals surface area (Å²) < 4.78 is 35.7. The fourth-order valence-corrected chi connectivity index (χ4v) is 6.56. The summed E-state index contributed by atoms with van der Waals surface area (Å²) in [6.45, 7) is 1.82. The number of methoxy groups -OCH3 is 1. The third kappa shape index (κ3) is 2.86. The Kier molecular flexibility index (Phi) is 4.37. The monoisotopic (exact) mass is 407 g/mol. The van der Waals surface area contributed by atoms with Crippen LogP contribution in [0.4, 0.5) is 5.69 Å². The van der Waals surface area contributed by atoms with Gasteiger partial charge in [0.2, 0.25) is 0 Å². The SMILES string of the molecule is COc1ccc2c(c1NS(=O)(=O)c1sc3ccc(Cl)cc3c1C)CCC2. The van der Waals surface area contributed by atoms with E-state index in [0.717, 1.165) is 34.9 Å². The van der Waals surface area contributed by atoms with E-state index in [4.69, 9.17) is 16.3 Å². The van der Waals surface area contributed by atoms with Gasteiger partial charge in [0.25, 0.3) is 10.0 Å². The molecule has 0 spiro atoms. The third-order valence-corrected chi connectivity index (χ3v) is 8.28. The van der Waals surface area contributed by atoms with Crippen LogP contribution in [0.5, 0.6) is 5.75 Å². The zero-order valence-electron chi connectivity index (χ0n) is 14.4. The van der Waals surface area contributed by atoms with Gasteiger partial charge in [-0.15, -0.1) is 11.3 Å². The maximum Gasteiger partial charge on any atom is 0.271 e. The molecule has 0 amide bonds. The zero-order valence-corrected chi connectivity index (χ0v) is 16.8. The molecule has 0 radical (unpaired) electrons. The Morgan fingerprint density at radius 2 is 2.00 bits per heavy atom. The van der Waals surface area contributed by atoms with Gasteiger partial charge in [-0.3, -0.25) is 4.72 Å². The summed E-state index contributed by atoms with van der Waals surface area (Å²) >= 11 is 7.33. The quantitative estimate of drug-likeness (QED) is 0.649. The van der Waals surface area contributed by atoms with Gasteiger partial charge >= 0.3 is 0 Å². The molecule has 1 aliphatic carbocycles. The van der Waals surface area contributed by atoms with E-state index in [1.165, 1.54) is 16.9 Å². The molecule has 0 bridgehead atoms. The van der Waals surface area contributed by atoms with Gasteiger partial charge < -0.3 is 4.74 Å². The van der Waals surface area contributed by atoms with Crippen LogP contribution in [-0.4, -0.2) is 15.5 Å². The molecule has 2 aromatic carbocycles. The highest BCUT2D eigenvalue weighted by molar-refractivity contribution is 7.95. The highest BCUT2D eigenvalue weighted by atomic mass is 35.5. The Balaban J connectivity index is 1.82. The fraction of sp³-hybridized carbons (Fsp3) is 0.263. The van der Waals surface area contributed by atoms with Crippen molar-refractivity contribution in [2.75, 3.05) is 11.8 Å². The number of hydrogen-bond acceptors (Lipinski definition) is 4. The maximum atomic E-state index is 13.2. The number of anilines is 1. The lowest BCUT2D eigenvalue weighted by molar-refractivity contribution is 0.416. The Labute approximate surface area is 161 Å². The fourth-order valence-electron chi connectivity index (χ4n) is 3.53. The maximum absolute atomic E-state index is 13.2. The molecule has 1 heterocycles. The molecule has 4 rings (SSSR count). The molecule has 0 fully saturated rings. The van der Waals surface area contributed by atoms with Crippen molar-refractivity contribution >= 4 is 48.7 Å². The molecule has 0 saturated carbocycles. The van der Waals surface area contributed by atoms with Crippen molar-refractivity contribution in [3.63, 3.8) is 0 Å². The first kappa shape index (κ1) is 17.6. The smallest absolute Gasteiger partial charge is 0.271 e. The summed E-state index contributed by atoms with van der Waals surface area (Å²) in [5.41, 5.74) is 3.50. The number of rotatable bonds is 4. The summed E-state index contributed by atoms with van der Waals surface area (Å²) in [5, 5.41) is 1.46. The lowest BCUT2D eigenvalue weighted by atomic mass is 10.1. The van der Waals surface area contributed by atoms with E-state index >= 15 is 0 Å². The van der Waals surface area contributed by atoms with Gasteiger partial charge in [-0.05, 0) is 72.5 Å². The number of benzene rings is 2. The van der Waals surface area contributed by atoms with E-state index in [2.05, 4.69) is 4.72 Å². The summed E-state index contributed by atoms with van der Waals surface area (Å²) in [5.74, 6) is 0.552. The van der Waals surface area contributed by atoms with Crippen LogP contribution in [0.25, 0.3) is 10.1 Å². The van der Waals surface area contributed by atoms with E-state index < -0.39 is 10.0 Å². The van der Waals surface area contributed by atoms with Crippen molar-refractivity contribution in [3.8, 4) is 5.75 Å². The van der Waals surface area contributed by atoms with Crippen molar-refractivity contribution in [2.45, 2.75) is 30.4 Å². The highest BCUT2D eigenvalue weighted by Crippen LogP contribution is 2.40. The first-order valence-corrected chi connectivity index (χ1v) is 11.0. The van der Waals surface area contributed by atoms with Crippen LogP contribution in [0.2, 0.25) is 5.02 Å². The lowest BCUT2D eigenvalue weighted by Crippen LogP contribution is -2.15. The van der Waals surface area contributed by atoms with Crippen LogP contribution < -0.4 is 9.46 Å². The van der Waals surface area contributed by atoms with Crippen LogP contribution >= 0.6 is 22.9 Å². The lowest BCUT2D eigenvalue weighted by Gasteiger charge is -2.15. The number of ether oxygens (including phenoxy) is 1. The minimum absolute atomic E-state index is 0.312. The average molecular weight is 408 g/mol. The van der Waals surface area contributed by atoms with Crippen LogP contribution in [0.3, 0.4) is 0 Å². The van der Waals surface area contributed by atoms with Crippen LogP contribution in [0, 0.1) is 6.92 Å². The van der Waals surface area contributed by atoms with Crippen molar-refractivity contribution in [2.24, 2.45) is 0 Å². The Hall–Kier alpha value is -1.76. The molecule has 7 heteroatoms. The minimum atomic E-state index is -3.73. The van der Waals surface area contributed by atoms with Gasteiger partial charge in [0.1, 0.15) is 9.96 Å². The average Bonchev–Trinajstić information content (AvgIpc) is 3.20. The Bertz CT molecular complexity index is 1120. The number of fused-ring (bicyclic) bond motifs is 2.